The molecule has 1 aliphatic rings. The molecule has 0 spiro atoms. The van der Waals surface area contributed by atoms with Crippen LogP contribution >= 0.6 is 10.7 Å². The minimum atomic E-state index is -3.81. The third kappa shape index (κ3) is 3.33. The summed E-state index contributed by atoms with van der Waals surface area (Å²) < 4.78 is 22.7. The number of hydrogen-bond donors (Lipinski definition) is 0. The second-order valence-electron chi connectivity index (χ2n) is 5.00. The van der Waals surface area contributed by atoms with Crippen LogP contribution in [0, 0.1) is 0 Å². The summed E-state index contributed by atoms with van der Waals surface area (Å²) in [6.45, 7) is 2.57. The van der Waals surface area contributed by atoms with Gasteiger partial charge in [0.05, 0.1) is 4.90 Å². The van der Waals surface area contributed by atoms with Crippen LogP contribution in [0.25, 0.3) is 0 Å². The van der Waals surface area contributed by atoms with Crippen molar-refractivity contribution in [3.8, 4) is 0 Å². The zero-order valence-electron chi connectivity index (χ0n) is 11.4. The molecule has 0 bridgehead atoms. The number of rotatable bonds is 4. The zero-order valence-corrected chi connectivity index (χ0v) is 13.0. The van der Waals surface area contributed by atoms with E-state index in [-0.39, 0.29) is 16.8 Å². The molecule has 0 aliphatic heterocycles. The largest absolute Gasteiger partial charge is 0.336 e. The highest BCUT2D eigenvalue weighted by Gasteiger charge is 2.26. The summed E-state index contributed by atoms with van der Waals surface area (Å²) in [6.07, 6.45) is 4.33. The molecule has 110 valence electrons. The van der Waals surface area contributed by atoms with E-state index in [1.54, 1.807) is 12.1 Å². The Morgan fingerprint density at radius 3 is 2.55 bits per heavy atom. The lowest BCUT2D eigenvalue weighted by Gasteiger charge is -2.27. The SMILES string of the molecule is CCN(C(=O)c1cccc(S(=O)(=O)Cl)c1)C1CCCC1. The van der Waals surface area contributed by atoms with Crippen molar-refractivity contribution in [1.82, 2.24) is 4.90 Å². The van der Waals surface area contributed by atoms with Crippen LogP contribution in [0.15, 0.2) is 29.2 Å². The van der Waals surface area contributed by atoms with E-state index in [0.29, 0.717) is 12.1 Å². The Bertz CT molecular complexity index is 594. The number of nitrogens with zero attached hydrogens (tertiary/aromatic N) is 1. The summed E-state index contributed by atoms with van der Waals surface area (Å²) in [4.78, 5) is 14.3. The van der Waals surface area contributed by atoms with Gasteiger partial charge in [-0.2, -0.15) is 0 Å². The first-order chi connectivity index (χ1) is 9.43. The van der Waals surface area contributed by atoms with E-state index in [4.69, 9.17) is 10.7 Å². The molecule has 0 atom stereocenters. The lowest BCUT2D eigenvalue weighted by atomic mass is 10.1. The van der Waals surface area contributed by atoms with Gasteiger partial charge in [-0.1, -0.05) is 18.9 Å². The highest BCUT2D eigenvalue weighted by Crippen LogP contribution is 2.25. The molecule has 1 aliphatic carbocycles. The highest BCUT2D eigenvalue weighted by molar-refractivity contribution is 8.13. The minimum Gasteiger partial charge on any atom is -0.336 e. The van der Waals surface area contributed by atoms with Gasteiger partial charge in [0, 0.05) is 28.8 Å². The summed E-state index contributed by atoms with van der Waals surface area (Å²) in [5, 5.41) is 0. The van der Waals surface area contributed by atoms with E-state index in [9.17, 15) is 13.2 Å². The summed E-state index contributed by atoms with van der Waals surface area (Å²) >= 11 is 0. The first-order valence-corrected chi connectivity index (χ1v) is 9.10. The zero-order chi connectivity index (χ0) is 14.8. The Morgan fingerprint density at radius 1 is 1.35 bits per heavy atom. The molecule has 6 heteroatoms. The second kappa shape index (κ2) is 6.14. The molecule has 1 aromatic carbocycles. The van der Waals surface area contributed by atoms with Crippen LogP contribution in [-0.2, 0) is 9.05 Å². The molecule has 1 fully saturated rings. The summed E-state index contributed by atoms with van der Waals surface area (Å²) in [5.74, 6) is -0.124. The molecule has 0 unspecified atom stereocenters. The van der Waals surface area contributed by atoms with Gasteiger partial charge in [0.2, 0.25) is 0 Å². The predicted octanol–water partition coefficient (Wildman–Crippen LogP) is 3.02. The van der Waals surface area contributed by atoms with Crippen molar-refractivity contribution in [2.75, 3.05) is 6.54 Å². The van der Waals surface area contributed by atoms with Gasteiger partial charge in [-0.25, -0.2) is 8.42 Å². The third-order valence-corrected chi connectivity index (χ3v) is 5.08. The maximum absolute atomic E-state index is 12.5. The van der Waals surface area contributed by atoms with Crippen LogP contribution in [0.1, 0.15) is 43.0 Å². The molecular weight excluding hydrogens is 298 g/mol. The Hall–Kier alpha value is -1.07. The number of halogens is 1. The molecule has 1 amide bonds. The number of carbonyl (C=O) groups excluding carboxylic acids is 1. The molecule has 0 N–H and O–H groups in total. The van der Waals surface area contributed by atoms with Gasteiger partial charge in [0.15, 0.2) is 0 Å². The molecule has 0 radical (unpaired) electrons. The summed E-state index contributed by atoms with van der Waals surface area (Å²) in [5.41, 5.74) is 0.375. The molecule has 0 aromatic heterocycles. The van der Waals surface area contributed by atoms with E-state index in [0.717, 1.165) is 25.7 Å². The summed E-state index contributed by atoms with van der Waals surface area (Å²) in [7, 11) is 1.51. The van der Waals surface area contributed by atoms with Crippen molar-refractivity contribution in [3.05, 3.63) is 29.8 Å². The van der Waals surface area contributed by atoms with Gasteiger partial charge in [0.25, 0.3) is 15.0 Å². The molecule has 4 nitrogen and oxygen atoms in total. The maximum atomic E-state index is 12.5. The number of hydrogen-bond acceptors (Lipinski definition) is 3. The van der Waals surface area contributed by atoms with Crippen LogP contribution in [-0.4, -0.2) is 31.8 Å². The molecular formula is C14H18ClNO3S. The fourth-order valence-electron chi connectivity index (χ4n) is 2.73. The van der Waals surface area contributed by atoms with Crippen molar-refractivity contribution in [1.29, 1.82) is 0 Å². The molecule has 2 rings (SSSR count). The van der Waals surface area contributed by atoms with Crippen molar-refractivity contribution >= 4 is 25.6 Å². The van der Waals surface area contributed by atoms with Gasteiger partial charge in [-0.05, 0) is 38.0 Å². The topological polar surface area (TPSA) is 54.5 Å². The molecule has 1 aromatic rings. The number of benzene rings is 1. The first-order valence-electron chi connectivity index (χ1n) is 6.79. The number of carbonyl (C=O) groups is 1. The Labute approximate surface area is 124 Å². The average molecular weight is 316 g/mol. The maximum Gasteiger partial charge on any atom is 0.261 e. The average Bonchev–Trinajstić information content (AvgIpc) is 2.92. The van der Waals surface area contributed by atoms with E-state index < -0.39 is 9.05 Å². The van der Waals surface area contributed by atoms with Crippen molar-refractivity contribution in [2.24, 2.45) is 0 Å². The van der Waals surface area contributed by atoms with E-state index in [2.05, 4.69) is 0 Å². The van der Waals surface area contributed by atoms with Crippen LogP contribution in [0.2, 0.25) is 0 Å². The van der Waals surface area contributed by atoms with E-state index in [1.165, 1.54) is 12.1 Å². The smallest absolute Gasteiger partial charge is 0.261 e. The van der Waals surface area contributed by atoms with Crippen LogP contribution in [0.4, 0.5) is 0 Å². The second-order valence-corrected chi connectivity index (χ2v) is 7.56. The minimum absolute atomic E-state index is 0.0347. The Kier molecular flexibility index (Phi) is 4.70. The lowest BCUT2D eigenvalue weighted by molar-refractivity contribution is 0.0693. The van der Waals surface area contributed by atoms with E-state index >= 15 is 0 Å². The van der Waals surface area contributed by atoms with Crippen molar-refractivity contribution in [3.63, 3.8) is 0 Å². The van der Waals surface area contributed by atoms with Crippen LogP contribution < -0.4 is 0 Å². The normalized spacial score (nSPS) is 16.3. The van der Waals surface area contributed by atoms with Crippen LogP contribution in [0.5, 0.6) is 0 Å². The van der Waals surface area contributed by atoms with E-state index in [1.807, 2.05) is 11.8 Å². The van der Waals surface area contributed by atoms with Crippen molar-refractivity contribution in [2.45, 2.75) is 43.5 Å². The highest BCUT2D eigenvalue weighted by atomic mass is 35.7. The van der Waals surface area contributed by atoms with Crippen molar-refractivity contribution < 1.29 is 13.2 Å². The molecule has 0 heterocycles. The molecule has 20 heavy (non-hydrogen) atoms. The van der Waals surface area contributed by atoms with Gasteiger partial charge in [-0.3, -0.25) is 4.79 Å². The summed E-state index contributed by atoms with van der Waals surface area (Å²) in [6, 6.07) is 6.19. The van der Waals surface area contributed by atoms with Crippen LogP contribution in [0.3, 0.4) is 0 Å². The fraction of sp³-hybridized carbons (Fsp3) is 0.500. The Morgan fingerprint density at radius 2 is 2.00 bits per heavy atom. The monoisotopic (exact) mass is 315 g/mol. The van der Waals surface area contributed by atoms with Gasteiger partial charge in [-0.15, -0.1) is 0 Å². The Balaban J connectivity index is 2.27. The lowest BCUT2D eigenvalue weighted by Crippen LogP contribution is -2.38. The predicted molar refractivity (Wildman–Crippen MR) is 78.4 cm³/mol. The molecule has 1 saturated carbocycles. The quantitative estimate of drug-likeness (QED) is 0.803. The third-order valence-electron chi connectivity index (χ3n) is 3.73. The fourth-order valence-corrected chi connectivity index (χ4v) is 3.53. The van der Waals surface area contributed by atoms with Gasteiger partial charge >= 0.3 is 0 Å². The first kappa shape index (κ1) is 15.3. The molecule has 0 saturated heterocycles. The number of amides is 1. The standard InChI is InChI=1S/C14H18ClNO3S/c1-2-16(12-7-3-4-8-12)14(17)11-6-5-9-13(10-11)20(15,18)19/h5-6,9-10,12H,2-4,7-8H2,1H3. The van der Waals surface area contributed by atoms with Gasteiger partial charge in [0.1, 0.15) is 0 Å². The van der Waals surface area contributed by atoms with Gasteiger partial charge < -0.3 is 4.90 Å².